The average Bonchev–Trinajstić information content (AvgIpc) is 2.55. The van der Waals surface area contributed by atoms with Gasteiger partial charge in [-0.05, 0) is 5.56 Å². The topological polar surface area (TPSA) is 72.4 Å². The molecular weight excluding hydrogens is 222 g/mol. The molecule has 1 N–H and O–H groups in total. The van der Waals surface area contributed by atoms with Gasteiger partial charge >= 0.3 is 11.6 Å². The van der Waals surface area contributed by atoms with E-state index in [9.17, 15) is 9.59 Å². The second-order valence-electron chi connectivity index (χ2n) is 3.67. The molecule has 0 aliphatic rings. The number of benzene rings is 1. The van der Waals surface area contributed by atoms with Gasteiger partial charge in [0.1, 0.15) is 0 Å². The summed E-state index contributed by atoms with van der Waals surface area (Å²) < 4.78 is 5.97. The maximum absolute atomic E-state index is 11.3. The molecule has 2 aromatic rings. The SMILES string of the molecule is Cn1oc(=O)c(C(=O)O)c1Cc1ccccc1. The van der Waals surface area contributed by atoms with Crippen molar-refractivity contribution in [2.45, 2.75) is 6.42 Å². The van der Waals surface area contributed by atoms with Gasteiger partial charge in [0.25, 0.3) is 0 Å². The molecule has 0 amide bonds. The van der Waals surface area contributed by atoms with Gasteiger partial charge in [-0.3, -0.25) is 0 Å². The summed E-state index contributed by atoms with van der Waals surface area (Å²) in [6, 6.07) is 9.31. The molecule has 0 aliphatic carbocycles. The van der Waals surface area contributed by atoms with Crippen LogP contribution in [0.15, 0.2) is 39.6 Å². The fourth-order valence-electron chi connectivity index (χ4n) is 1.70. The number of carboxylic acid groups (broad SMARTS) is 1. The number of carbonyl (C=O) groups is 1. The minimum atomic E-state index is -1.26. The first-order chi connectivity index (χ1) is 8.09. The molecule has 0 unspecified atom stereocenters. The summed E-state index contributed by atoms with van der Waals surface area (Å²) in [6.45, 7) is 0. The third-order valence-electron chi connectivity index (χ3n) is 2.52. The zero-order valence-corrected chi connectivity index (χ0v) is 9.21. The molecular formula is C12H11NO4. The normalized spacial score (nSPS) is 10.4. The Hall–Kier alpha value is -2.30. The molecule has 0 bridgehead atoms. The Morgan fingerprint density at radius 1 is 1.35 bits per heavy atom. The van der Waals surface area contributed by atoms with E-state index in [4.69, 9.17) is 9.63 Å². The molecule has 0 saturated heterocycles. The van der Waals surface area contributed by atoms with Crippen molar-refractivity contribution in [1.82, 2.24) is 4.74 Å². The minimum absolute atomic E-state index is 0.295. The molecule has 0 spiro atoms. The van der Waals surface area contributed by atoms with Crippen LogP contribution in [0.3, 0.4) is 0 Å². The van der Waals surface area contributed by atoms with Gasteiger partial charge in [-0.1, -0.05) is 30.3 Å². The van der Waals surface area contributed by atoms with Crippen molar-refractivity contribution in [2.24, 2.45) is 7.05 Å². The van der Waals surface area contributed by atoms with Crippen LogP contribution in [-0.4, -0.2) is 15.8 Å². The van der Waals surface area contributed by atoms with E-state index < -0.39 is 11.6 Å². The summed E-state index contributed by atoms with van der Waals surface area (Å²) in [4.78, 5) is 22.3. The molecule has 0 saturated carbocycles. The van der Waals surface area contributed by atoms with Gasteiger partial charge in [0, 0.05) is 13.5 Å². The number of rotatable bonds is 3. The summed E-state index contributed by atoms with van der Waals surface area (Å²) in [5.41, 5.74) is 0.183. The summed E-state index contributed by atoms with van der Waals surface area (Å²) >= 11 is 0. The molecule has 0 atom stereocenters. The lowest BCUT2D eigenvalue weighted by atomic mass is 10.1. The lowest BCUT2D eigenvalue weighted by molar-refractivity contribution is 0.0693. The monoisotopic (exact) mass is 233 g/mol. The molecule has 2 rings (SSSR count). The highest BCUT2D eigenvalue weighted by atomic mass is 16.5. The second-order valence-corrected chi connectivity index (χ2v) is 3.67. The lowest BCUT2D eigenvalue weighted by Gasteiger charge is -2.02. The van der Waals surface area contributed by atoms with Crippen molar-refractivity contribution in [2.75, 3.05) is 0 Å². The Labute approximate surface area is 96.9 Å². The average molecular weight is 233 g/mol. The molecule has 0 aliphatic heterocycles. The van der Waals surface area contributed by atoms with E-state index in [1.165, 1.54) is 11.8 Å². The summed E-state index contributed by atoms with van der Waals surface area (Å²) in [7, 11) is 1.52. The first-order valence-electron chi connectivity index (χ1n) is 5.06. The van der Waals surface area contributed by atoms with Crippen LogP contribution < -0.4 is 5.63 Å². The van der Waals surface area contributed by atoms with Crippen molar-refractivity contribution in [3.63, 3.8) is 0 Å². The molecule has 88 valence electrons. The molecule has 1 aromatic heterocycles. The van der Waals surface area contributed by atoms with Crippen LogP contribution in [0.2, 0.25) is 0 Å². The van der Waals surface area contributed by atoms with E-state index in [0.29, 0.717) is 12.1 Å². The molecule has 1 aromatic carbocycles. The maximum atomic E-state index is 11.3. The van der Waals surface area contributed by atoms with Crippen LogP contribution in [0, 0.1) is 0 Å². The number of hydrogen-bond acceptors (Lipinski definition) is 3. The number of carboxylic acids is 1. The van der Waals surface area contributed by atoms with Gasteiger partial charge in [-0.15, -0.1) is 0 Å². The third-order valence-corrected chi connectivity index (χ3v) is 2.52. The molecule has 5 heteroatoms. The molecule has 0 fully saturated rings. The van der Waals surface area contributed by atoms with E-state index in [2.05, 4.69) is 0 Å². The van der Waals surface area contributed by atoms with E-state index in [0.717, 1.165) is 5.56 Å². The van der Waals surface area contributed by atoms with E-state index in [-0.39, 0.29) is 5.56 Å². The molecule has 0 radical (unpaired) electrons. The number of aromatic nitrogens is 1. The van der Waals surface area contributed by atoms with Gasteiger partial charge in [-0.25, -0.2) is 14.3 Å². The summed E-state index contributed by atoms with van der Waals surface area (Å²) in [6.07, 6.45) is 0.352. The second kappa shape index (κ2) is 4.29. The highest BCUT2D eigenvalue weighted by Gasteiger charge is 2.21. The third kappa shape index (κ3) is 2.13. The first kappa shape index (κ1) is 11.2. The first-order valence-corrected chi connectivity index (χ1v) is 5.06. The fraction of sp³-hybridized carbons (Fsp3) is 0.167. The predicted octanol–water partition coefficient (Wildman–Crippen LogP) is 1.27. The number of nitrogens with zero attached hydrogens (tertiary/aromatic N) is 1. The van der Waals surface area contributed by atoms with Crippen LogP contribution in [0.4, 0.5) is 0 Å². The van der Waals surface area contributed by atoms with Gasteiger partial charge in [0.2, 0.25) is 0 Å². The smallest absolute Gasteiger partial charge is 0.372 e. The van der Waals surface area contributed by atoms with Crippen molar-refractivity contribution in [1.29, 1.82) is 0 Å². The van der Waals surface area contributed by atoms with Gasteiger partial charge < -0.3 is 9.63 Å². The Balaban J connectivity index is 2.46. The summed E-state index contributed by atoms with van der Waals surface area (Å²) in [5.74, 6) is -1.26. The van der Waals surface area contributed by atoms with Crippen molar-refractivity contribution in [3.05, 3.63) is 57.6 Å². The van der Waals surface area contributed by atoms with Crippen molar-refractivity contribution in [3.8, 4) is 0 Å². The van der Waals surface area contributed by atoms with Crippen molar-refractivity contribution < 1.29 is 14.4 Å². The van der Waals surface area contributed by atoms with Gasteiger partial charge in [-0.2, -0.15) is 0 Å². The number of aryl methyl sites for hydroxylation is 1. The van der Waals surface area contributed by atoms with Crippen LogP contribution in [-0.2, 0) is 13.5 Å². The Kier molecular flexibility index (Phi) is 2.82. The summed E-state index contributed by atoms with van der Waals surface area (Å²) in [5, 5.41) is 8.96. The highest BCUT2D eigenvalue weighted by Crippen LogP contribution is 2.12. The standard InChI is InChI=1S/C12H11NO4/c1-13-9(7-8-5-3-2-4-6-8)10(11(14)15)12(16)17-13/h2-6H,7H2,1H3,(H,14,15). The highest BCUT2D eigenvalue weighted by molar-refractivity contribution is 5.88. The maximum Gasteiger partial charge on any atom is 0.372 e. The van der Waals surface area contributed by atoms with Gasteiger partial charge in [0.15, 0.2) is 5.56 Å². The molecule has 1 heterocycles. The molecule has 17 heavy (non-hydrogen) atoms. The Morgan fingerprint density at radius 2 is 2.00 bits per heavy atom. The fourth-order valence-corrected chi connectivity index (χ4v) is 1.70. The van der Waals surface area contributed by atoms with Crippen LogP contribution in [0.25, 0.3) is 0 Å². The minimum Gasteiger partial charge on any atom is -0.477 e. The lowest BCUT2D eigenvalue weighted by Crippen LogP contribution is -2.12. The van der Waals surface area contributed by atoms with E-state index in [1.54, 1.807) is 0 Å². The van der Waals surface area contributed by atoms with E-state index in [1.807, 2.05) is 30.3 Å². The molecule has 5 nitrogen and oxygen atoms in total. The number of aromatic carboxylic acids is 1. The largest absolute Gasteiger partial charge is 0.477 e. The zero-order valence-electron chi connectivity index (χ0n) is 9.21. The van der Waals surface area contributed by atoms with E-state index >= 15 is 0 Å². The van der Waals surface area contributed by atoms with Crippen molar-refractivity contribution >= 4 is 5.97 Å². The Morgan fingerprint density at radius 3 is 2.59 bits per heavy atom. The van der Waals surface area contributed by atoms with Crippen LogP contribution in [0.1, 0.15) is 21.6 Å². The zero-order chi connectivity index (χ0) is 12.4. The Bertz CT molecular complexity index is 595. The van der Waals surface area contributed by atoms with Crippen LogP contribution >= 0.6 is 0 Å². The number of hydrogen-bond donors (Lipinski definition) is 1. The quantitative estimate of drug-likeness (QED) is 0.866. The predicted molar refractivity (Wildman–Crippen MR) is 60.2 cm³/mol. The van der Waals surface area contributed by atoms with Crippen LogP contribution in [0.5, 0.6) is 0 Å². The van der Waals surface area contributed by atoms with Gasteiger partial charge in [0.05, 0.1) is 5.69 Å².